The molecule has 9 nitrogen and oxygen atoms in total. The van der Waals surface area contributed by atoms with Gasteiger partial charge in [0.05, 0.1) is 11.5 Å². The molecule has 0 bridgehead atoms. The number of hydrogen-bond donors (Lipinski definition) is 0. The molecule has 1 saturated heterocycles. The summed E-state index contributed by atoms with van der Waals surface area (Å²) < 4.78 is 12.3. The van der Waals surface area contributed by atoms with Gasteiger partial charge in [-0.25, -0.2) is 9.48 Å². The second-order valence-corrected chi connectivity index (χ2v) is 6.94. The summed E-state index contributed by atoms with van der Waals surface area (Å²) in [7, 11) is 1.60. The van der Waals surface area contributed by atoms with E-state index in [-0.39, 0.29) is 23.6 Å². The molecule has 0 saturated carbocycles. The summed E-state index contributed by atoms with van der Waals surface area (Å²) in [5, 5.41) is 14.8. The minimum absolute atomic E-state index is 0.135. The normalized spacial score (nSPS) is 16.1. The second-order valence-electron chi connectivity index (χ2n) is 6.94. The van der Waals surface area contributed by atoms with Gasteiger partial charge >= 0.3 is 11.8 Å². The van der Waals surface area contributed by atoms with Crippen molar-refractivity contribution in [1.82, 2.24) is 14.7 Å². The van der Waals surface area contributed by atoms with Crippen LogP contribution in [-0.4, -0.2) is 51.0 Å². The van der Waals surface area contributed by atoms with E-state index >= 15 is 0 Å². The third-order valence-corrected chi connectivity index (χ3v) is 3.78. The second kappa shape index (κ2) is 7.06. The standard InChI is InChI=1S/C15H24N4O5/c1-15(2,3)24-14(20)18-7-5-11(6-8-18)10-23-13-12(19(21)22)9-16-17(13)4/h9,11H,5-8,10H2,1-4H3. The SMILES string of the molecule is Cn1ncc([N+](=O)[O-])c1OCC1CCN(C(=O)OC(C)(C)C)CC1. The number of carbonyl (C=O) groups is 1. The van der Waals surface area contributed by atoms with Crippen LogP contribution in [0.4, 0.5) is 10.5 Å². The predicted octanol–water partition coefficient (Wildman–Crippen LogP) is 2.35. The average Bonchev–Trinajstić information content (AvgIpc) is 2.85. The first-order valence-electron chi connectivity index (χ1n) is 7.94. The highest BCUT2D eigenvalue weighted by Gasteiger charge is 2.28. The van der Waals surface area contributed by atoms with E-state index in [4.69, 9.17) is 9.47 Å². The number of nitro groups is 1. The summed E-state index contributed by atoms with van der Waals surface area (Å²) in [6.45, 7) is 7.07. The number of nitrogens with zero attached hydrogens (tertiary/aromatic N) is 4. The third-order valence-electron chi connectivity index (χ3n) is 3.78. The van der Waals surface area contributed by atoms with Gasteiger partial charge in [0.1, 0.15) is 11.8 Å². The molecule has 1 fully saturated rings. The topological polar surface area (TPSA) is 99.7 Å². The summed E-state index contributed by atoms with van der Waals surface area (Å²) in [4.78, 5) is 24.1. The largest absolute Gasteiger partial charge is 0.473 e. The number of aryl methyl sites for hydroxylation is 1. The van der Waals surface area contributed by atoms with Crippen LogP contribution in [0.25, 0.3) is 0 Å². The summed E-state index contributed by atoms with van der Waals surface area (Å²) in [5.74, 6) is 0.396. The van der Waals surface area contributed by atoms with Gasteiger partial charge in [0.15, 0.2) is 0 Å². The minimum atomic E-state index is -0.507. The van der Waals surface area contributed by atoms with Crippen molar-refractivity contribution in [2.45, 2.75) is 39.2 Å². The maximum Gasteiger partial charge on any atom is 0.410 e. The molecule has 1 aliphatic heterocycles. The van der Waals surface area contributed by atoms with E-state index in [1.54, 1.807) is 11.9 Å². The molecule has 1 amide bonds. The summed E-state index contributed by atoms with van der Waals surface area (Å²) in [6, 6.07) is 0. The molecule has 1 aromatic heterocycles. The maximum atomic E-state index is 12.0. The zero-order valence-electron chi connectivity index (χ0n) is 14.5. The smallest absolute Gasteiger partial charge is 0.410 e. The van der Waals surface area contributed by atoms with Crippen molar-refractivity contribution >= 4 is 11.8 Å². The third kappa shape index (κ3) is 4.59. The van der Waals surface area contributed by atoms with Crippen LogP contribution in [0.3, 0.4) is 0 Å². The highest BCUT2D eigenvalue weighted by atomic mass is 16.6. The molecule has 0 aliphatic carbocycles. The van der Waals surface area contributed by atoms with Gasteiger partial charge in [-0.3, -0.25) is 10.1 Å². The number of carbonyl (C=O) groups excluding carboxylic acids is 1. The van der Waals surface area contributed by atoms with Crippen molar-refractivity contribution in [2.24, 2.45) is 13.0 Å². The van der Waals surface area contributed by atoms with Gasteiger partial charge in [0.25, 0.3) is 5.88 Å². The molecule has 1 aromatic rings. The van der Waals surface area contributed by atoms with Gasteiger partial charge in [0.2, 0.25) is 0 Å². The summed E-state index contributed by atoms with van der Waals surface area (Å²) in [5.41, 5.74) is -0.640. The molecule has 24 heavy (non-hydrogen) atoms. The molecule has 0 radical (unpaired) electrons. The number of hydrogen-bond acceptors (Lipinski definition) is 6. The maximum absolute atomic E-state index is 12.0. The Hall–Kier alpha value is -2.32. The number of ether oxygens (including phenoxy) is 2. The molecule has 9 heteroatoms. The molecule has 2 rings (SSSR count). The highest BCUT2D eigenvalue weighted by molar-refractivity contribution is 5.68. The fraction of sp³-hybridized carbons (Fsp3) is 0.733. The molecule has 0 spiro atoms. The lowest BCUT2D eigenvalue weighted by Crippen LogP contribution is -2.42. The molecule has 1 aliphatic rings. The Balaban J connectivity index is 1.83. The van der Waals surface area contributed by atoms with Gasteiger partial charge in [-0.2, -0.15) is 5.10 Å². The molecule has 0 unspecified atom stereocenters. The predicted molar refractivity (Wildman–Crippen MR) is 85.9 cm³/mol. The van der Waals surface area contributed by atoms with Crippen LogP contribution in [0.5, 0.6) is 5.88 Å². The van der Waals surface area contributed by atoms with Crippen molar-refractivity contribution in [3.63, 3.8) is 0 Å². The fourth-order valence-corrected chi connectivity index (χ4v) is 2.51. The number of rotatable bonds is 4. The van der Waals surface area contributed by atoms with Gasteiger partial charge in [-0.05, 0) is 39.5 Å². The Bertz CT molecular complexity index is 599. The number of amides is 1. The highest BCUT2D eigenvalue weighted by Crippen LogP contribution is 2.27. The van der Waals surface area contributed by atoms with E-state index in [1.165, 1.54) is 10.9 Å². The molecule has 0 N–H and O–H groups in total. The van der Waals surface area contributed by atoms with Gasteiger partial charge in [-0.1, -0.05) is 0 Å². The van der Waals surface area contributed by atoms with Crippen LogP contribution >= 0.6 is 0 Å². The van der Waals surface area contributed by atoms with Crippen molar-refractivity contribution in [2.75, 3.05) is 19.7 Å². The van der Waals surface area contributed by atoms with Crippen LogP contribution in [0.1, 0.15) is 33.6 Å². The Labute approximate surface area is 140 Å². The Kier molecular flexibility index (Phi) is 5.30. The molecule has 2 heterocycles. The minimum Gasteiger partial charge on any atom is -0.473 e. The molecule has 134 valence electrons. The van der Waals surface area contributed by atoms with Crippen molar-refractivity contribution in [1.29, 1.82) is 0 Å². The monoisotopic (exact) mass is 340 g/mol. The fourth-order valence-electron chi connectivity index (χ4n) is 2.51. The van der Waals surface area contributed by atoms with Crippen LogP contribution in [0.15, 0.2) is 6.20 Å². The van der Waals surface area contributed by atoms with E-state index in [0.29, 0.717) is 19.7 Å². The van der Waals surface area contributed by atoms with E-state index in [0.717, 1.165) is 12.8 Å². The van der Waals surface area contributed by atoms with Crippen LogP contribution in [0, 0.1) is 16.0 Å². The Morgan fingerprint density at radius 1 is 1.42 bits per heavy atom. The van der Waals surface area contributed by atoms with E-state index in [9.17, 15) is 14.9 Å². The molecular weight excluding hydrogens is 316 g/mol. The lowest BCUT2D eigenvalue weighted by Gasteiger charge is -2.33. The first-order valence-corrected chi connectivity index (χ1v) is 7.94. The zero-order valence-corrected chi connectivity index (χ0v) is 14.5. The Morgan fingerprint density at radius 3 is 2.58 bits per heavy atom. The van der Waals surface area contributed by atoms with E-state index < -0.39 is 10.5 Å². The lowest BCUT2D eigenvalue weighted by molar-refractivity contribution is -0.386. The van der Waals surface area contributed by atoms with Gasteiger partial charge in [0, 0.05) is 20.1 Å². The van der Waals surface area contributed by atoms with E-state index in [1.807, 2.05) is 20.8 Å². The average molecular weight is 340 g/mol. The Morgan fingerprint density at radius 2 is 2.04 bits per heavy atom. The zero-order chi connectivity index (χ0) is 17.9. The van der Waals surface area contributed by atoms with Gasteiger partial charge < -0.3 is 14.4 Å². The van der Waals surface area contributed by atoms with Crippen molar-refractivity contribution in [3.05, 3.63) is 16.3 Å². The van der Waals surface area contributed by atoms with Crippen LogP contribution in [-0.2, 0) is 11.8 Å². The van der Waals surface area contributed by atoms with Crippen molar-refractivity contribution < 1.29 is 19.2 Å². The first-order chi connectivity index (χ1) is 11.2. The van der Waals surface area contributed by atoms with E-state index in [2.05, 4.69) is 5.10 Å². The lowest BCUT2D eigenvalue weighted by atomic mass is 9.98. The van der Waals surface area contributed by atoms with Crippen LogP contribution in [0.2, 0.25) is 0 Å². The molecular formula is C15H24N4O5. The molecule has 0 atom stereocenters. The number of piperidine rings is 1. The van der Waals surface area contributed by atoms with Crippen molar-refractivity contribution in [3.8, 4) is 5.88 Å². The summed E-state index contributed by atoms with van der Waals surface area (Å²) in [6.07, 6.45) is 2.42. The van der Waals surface area contributed by atoms with Crippen LogP contribution < -0.4 is 4.74 Å². The quantitative estimate of drug-likeness (QED) is 0.616. The first kappa shape index (κ1) is 18.0. The number of aromatic nitrogens is 2. The number of likely N-dealkylation sites (tertiary alicyclic amines) is 1. The van der Waals surface area contributed by atoms with Gasteiger partial charge in [-0.15, -0.1) is 0 Å². The molecule has 0 aromatic carbocycles. The summed E-state index contributed by atoms with van der Waals surface area (Å²) >= 11 is 0.